The quantitative estimate of drug-likeness (QED) is 0.918. The lowest BCUT2D eigenvalue weighted by molar-refractivity contribution is 0.0159. The molecule has 0 radical (unpaired) electrons. The second-order valence-corrected chi connectivity index (χ2v) is 7.93. The van der Waals surface area contributed by atoms with Gasteiger partial charge in [0.1, 0.15) is 5.60 Å². The van der Waals surface area contributed by atoms with Crippen LogP contribution in [-0.4, -0.2) is 45.5 Å². The lowest BCUT2D eigenvalue weighted by Gasteiger charge is -2.37. The van der Waals surface area contributed by atoms with Crippen molar-refractivity contribution in [1.29, 1.82) is 0 Å². The van der Waals surface area contributed by atoms with Gasteiger partial charge in [0.05, 0.1) is 17.1 Å². The molecule has 0 aromatic carbocycles. The second-order valence-electron chi connectivity index (χ2n) is 7.93. The molecule has 0 spiro atoms. The SMILES string of the molecule is Cc1nn(C)c(C)c1N[C@H](C)[C@@H]1CCCN(C(=O)OC(C)(C)C)C1. The van der Waals surface area contributed by atoms with Gasteiger partial charge < -0.3 is 15.0 Å². The molecule has 0 unspecified atom stereocenters. The molecule has 136 valence electrons. The highest BCUT2D eigenvalue weighted by Gasteiger charge is 2.30. The number of likely N-dealkylation sites (tertiary alicyclic amines) is 1. The minimum Gasteiger partial charge on any atom is -0.444 e. The molecule has 0 aliphatic carbocycles. The van der Waals surface area contributed by atoms with Gasteiger partial charge in [-0.05, 0) is 60.3 Å². The molecule has 2 atom stereocenters. The number of hydrogen-bond donors (Lipinski definition) is 1. The largest absolute Gasteiger partial charge is 0.444 e. The van der Waals surface area contributed by atoms with Crippen LogP contribution in [0.3, 0.4) is 0 Å². The zero-order chi connectivity index (χ0) is 18.1. The number of amides is 1. The normalized spacial score (nSPS) is 20.0. The number of rotatable bonds is 3. The van der Waals surface area contributed by atoms with E-state index in [4.69, 9.17) is 4.74 Å². The summed E-state index contributed by atoms with van der Waals surface area (Å²) in [5.41, 5.74) is 2.82. The Bertz CT molecular complexity index is 589. The molecule has 1 amide bonds. The zero-order valence-electron chi connectivity index (χ0n) is 16.1. The third-order valence-corrected chi connectivity index (χ3v) is 4.70. The Labute approximate surface area is 145 Å². The van der Waals surface area contributed by atoms with Crippen molar-refractivity contribution in [3.05, 3.63) is 11.4 Å². The van der Waals surface area contributed by atoms with Crippen molar-refractivity contribution in [2.24, 2.45) is 13.0 Å². The number of aromatic nitrogens is 2. The maximum atomic E-state index is 12.3. The predicted octanol–water partition coefficient (Wildman–Crippen LogP) is 3.48. The number of piperidine rings is 1. The van der Waals surface area contributed by atoms with E-state index in [0.717, 1.165) is 43.0 Å². The van der Waals surface area contributed by atoms with E-state index in [1.165, 1.54) is 0 Å². The molecule has 1 aromatic heterocycles. The minimum atomic E-state index is -0.447. The first-order chi connectivity index (χ1) is 11.1. The summed E-state index contributed by atoms with van der Waals surface area (Å²) in [6, 6.07) is 0.275. The summed E-state index contributed by atoms with van der Waals surface area (Å²) in [6.07, 6.45) is 1.93. The molecule has 1 saturated heterocycles. The van der Waals surface area contributed by atoms with Gasteiger partial charge in [-0.25, -0.2) is 4.79 Å². The fourth-order valence-electron chi connectivity index (χ4n) is 3.24. The Kier molecular flexibility index (Phi) is 5.45. The van der Waals surface area contributed by atoms with E-state index < -0.39 is 5.60 Å². The van der Waals surface area contributed by atoms with E-state index in [9.17, 15) is 4.79 Å². The summed E-state index contributed by atoms with van der Waals surface area (Å²) in [6.45, 7) is 13.5. The molecule has 24 heavy (non-hydrogen) atoms. The Morgan fingerprint density at radius 2 is 2.04 bits per heavy atom. The van der Waals surface area contributed by atoms with Crippen molar-refractivity contribution < 1.29 is 9.53 Å². The fourth-order valence-corrected chi connectivity index (χ4v) is 3.24. The van der Waals surface area contributed by atoms with Crippen molar-refractivity contribution in [2.45, 2.75) is 66.0 Å². The third kappa shape index (κ3) is 4.42. The van der Waals surface area contributed by atoms with Crippen LogP contribution in [0.5, 0.6) is 0 Å². The average Bonchev–Trinajstić information content (AvgIpc) is 2.72. The standard InChI is InChI=1S/C18H32N4O2/c1-12(19-16-13(2)20-21(7)14(16)3)15-9-8-10-22(11-15)17(23)24-18(4,5)6/h12,15,19H,8-11H2,1-7H3/t12-,15-/m1/s1. The van der Waals surface area contributed by atoms with E-state index in [1.54, 1.807) is 0 Å². The fraction of sp³-hybridized carbons (Fsp3) is 0.778. The van der Waals surface area contributed by atoms with Gasteiger partial charge in [0.2, 0.25) is 0 Å². The van der Waals surface area contributed by atoms with Crippen molar-refractivity contribution >= 4 is 11.8 Å². The molecule has 2 rings (SSSR count). The summed E-state index contributed by atoms with van der Waals surface area (Å²) >= 11 is 0. The van der Waals surface area contributed by atoms with Crippen LogP contribution < -0.4 is 5.32 Å². The molecule has 1 aliphatic heterocycles. The van der Waals surface area contributed by atoms with Crippen LogP contribution in [0, 0.1) is 19.8 Å². The first-order valence-electron chi connectivity index (χ1n) is 8.83. The maximum Gasteiger partial charge on any atom is 0.410 e. The van der Waals surface area contributed by atoms with Gasteiger partial charge in [0.15, 0.2) is 0 Å². The molecule has 1 N–H and O–H groups in total. The van der Waals surface area contributed by atoms with Gasteiger partial charge >= 0.3 is 6.09 Å². The molecule has 1 aliphatic rings. The number of anilines is 1. The zero-order valence-corrected chi connectivity index (χ0v) is 16.1. The monoisotopic (exact) mass is 336 g/mol. The highest BCUT2D eigenvalue weighted by atomic mass is 16.6. The lowest BCUT2D eigenvalue weighted by Crippen LogP contribution is -2.46. The Hall–Kier alpha value is -1.72. The second kappa shape index (κ2) is 7.03. The van der Waals surface area contributed by atoms with Gasteiger partial charge in [-0.1, -0.05) is 0 Å². The summed E-state index contributed by atoms with van der Waals surface area (Å²) in [5.74, 6) is 0.408. The number of carbonyl (C=O) groups excluding carboxylic acids is 1. The van der Waals surface area contributed by atoms with Crippen molar-refractivity contribution in [2.75, 3.05) is 18.4 Å². The number of ether oxygens (including phenoxy) is 1. The summed E-state index contributed by atoms with van der Waals surface area (Å²) in [4.78, 5) is 14.2. The van der Waals surface area contributed by atoms with Gasteiger partial charge in [-0.15, -0.1) is 0 Å². The van der Waals surface area contributed by atoms with Gasteiger partial charge in [0, 0.05) is 26.2 Å². The predicted molar refractivity (Wildman–Crippen MR) is 96.3 cm³/mol. The van der Waals surface area contributed by atoms with E-state index in [2.05, 4.69) is 24.3 Å². The molecule has 6 heteroatoms. The Morgan fingerprint density at radius 1 is 1.38 bits per heavy atom. The van der Waals surface area contributed by atoms with Crippen LogP contribution >= 0.6 is 0 Å². The van der Waals surface area contributed by atoms with Gasteiger partial charge in [-0.3, -0.25) is 4.68 Å². The highest BCUT2D eigenvalue weighted by molar-refractivity contribution is 5.68. The van der Waals surface area contributed by atoms with Crippen molar-refractivity contribution in [3.63, 3.8) is 0 Å². The lowest BCUT2D eigenvalue weighted by atomic mass is 9.91. The van der Waals surface area contributed by atoms with E-state index in [0.29, 0.717) is 5.92 Å². The summed E-state index contributed by atoms with van der Waals surface area (Å²) in [5, 5.41) is 8.08. The number of carbonyl (C=O) groups is 1. The average molecular weight is 336 g/mol. The van der Waals surface area contributed by atoms with Crippen LogP contribution in [0.15, 0.2) is 0 Å². The molecular formula is C18H32N4O2. The van der Waals surface area contributed by atoms with E-state index in [1.807, 2.05) is 44.3 Å². The summed E-state index contributed by atoms with van der Waals surface area (Å²) in [7, 11) is 1.96. The molecular weight excluding hydrogens is 304 g/mol. The van der Waals surface area contributed by atoms with Crippen LogP contribution in [0.1, 0.15) is 51.9 Å². The highest BCUT2D eigenvalue weighted by Crippen LogP contribution is 2.26. The number of hydrogen-bond acceptors (Lipinski definition) is 4. The van der Waals surface area contributed by atoms with Crippen LogP contribution in [0.2, 0.25) is 0 Å². The van der Waals surface area contributed by atoms with Crippen molar-refractivity contribution in [1.82, 2.24) is 14.7 Å². The Morgan fingerprint density at radius 3 is 2.58 bits per heavy atom. The molecule has 1 aromatic rings. The van der Waals surface area contributed by atoms with Crippen LogP contribution in [0.4, 0.5) is 10.5 Å². The first kappa shape index (κ1) is 18.6. The minimum absolute atomic E-state index is 0.201. The van der Waals surface area contributed by atoms with Crippen molar-refractivity contribution in [3.8, 4) is 0 Å². The van der Waals surface area contributed by atoms with Gasteiger partial charge in [0.25, 0.3) is 0 Å². The third-order valence-electron chi connectivity index (χ3n) is 4.70. The van der Waals surface area contributed by atoms with E-state index in [-0.39, 0.29) is 12.1 Å². The smallest absolute Gasteiger partial charge is 0.410 e. The number of aryl methyl sites for hydroxylation is 2. The molecule has 1 fully saturated rings. The molecule has 0 saturated carbocycles. The first-order valence-corrected chi connectivity index (χ1v) is 8.83. The van der Waals surface area contributed by atoms with E-state index >= 15 is 0 Å². The van der Waals surface area contributed by atoms with Crippen LogP contribution in [-0.2, 0) is 11.8 Å². The molecule has 6 nitrogen and oxygen atoms in total. The number of nitrogens with zero attached hydrogens (tertiary/aromatic N) is 3. The summed E-state index contributed by atoms with van der Waals surface area (Å²) < 4.78 is 7.42. The molecule has 0 bridgehead atoms. The maximum absolute atomic E-state index is 12.3. The number of nitrogens with one attached hydrogen (secondary N) is 1. The van der Waals surface area contributed by atoms with Gasteiger partial charge in [-0.2, -0.15) is 5.10 Å². The molecule has 2 heterocycles. The van der Waals surface area contributed by atoms with Crippen LogP contribution in [0.25, 0.3) is 0 Å². The Balaban J connectivity index is 1.99. The topological polar surface area (TPSA) is 59.4 Å².